The van der Waals surface area contributed by atoms with Gasteiger partial charge >= 0.3 is 0 Å². The van der Waals surface area contributed by atoms with E-state index in [2.05, 4.69) is 5.32 Å². The summed E-state index contributed by atoms with van der Waals surface area (Å²) in [7, 11) is 0. The Labute approximate surface area is 101 Å². The van der Waals surface area contributed by atoms with Gasteiger partial charge in [0.15, 0.2) is 0 Å². The highest BCUT2D eigenvalue weighted by atomic mass is 16.5. The van der Waals surface area contributed by atoms with Crippen LogP contribution in [0.15, 0.2) is 24.3 Å². The van der Waals surface area contributed by atoms with E-state index in [1.807, 2.05) is 18.2 Å². The molecule has 1 atom stereocenters. The van der Waals surface area contributed by atoms with E-state index >= 15 is 0 Å². The topological polar surface area (TPSA) is 64.4 Å². The fourth-order valence-electron chi connectivity index (χ4n) is 2.00. The average Bonchev–Trinajstić information content (AvgIpc) is 2.38. The molecule has 1 aliphatic heterocycles. The maximum Gasteiger partial charge on any atom is 0.248 e. The predicted octanol–water partition coefficient (Wildman–Crippen LogP) is 1.05. The van der Waals surface area contributed by atoms with Crippen molar-refractivity contribution >= 4 is 5.91 Å². The van der Waals surface area contributed by atoms with Gasteiger partial charge in [-0.3, -0.25) is 4.79 Å². The van der Waals surface area contributed by atoms with Crippen LogP contribution in [0.3, 0.4) is 0 Å². The normalized spacial score (nSPS) is 20.1. The average molecular weight is 234 g/mol. The number of nitrogens with two attached hydrogens (primary N) is 1. The van der Waals surface area contributed by atoms with E-state index in [1.165, 1.54) is 0 Å². The molecule has 1 unspecified atom stereocenters. The van der Waals surface area contributed by atoms with Crippen molar-refractivity contribution < 1.29 is 9.53 Å². The Balaban J connectivity index is 1.89. The number of nitrogens with one attached hydrogen (secondary N) is 1. The van der Waals surface area contributed by atoms with Gasteiger partial charge in [-0.15, -0.1) is 0 Å². The van der Waals surface area contributed by atoms with E-state index in [9.17, 15) is 4.79 Å². The van der Waals surface area contributed by atoms with Gasteiger partial charge in [0.25, 0.3) is 0 Å². The summed E-state index contributed by atoms with van der Waals surface area (Å²) in [5, 5.41) is 3.43. The van der Waals surface area contributed by atoms with Crippen molar-refractivity contribution in [1.29, 1.82) is 0 Å². The molecule has 0 aliphatic carbocycles. The molecule has 1 aliphatic rings. The van der Waals surface area contributed by atoms with Crippen molar-refractivity contribution in [2.75, 3.05) is 13.2 Å². The van der Waals surface area contributed by atoms with E-state index in [4.69, 9.17) is 10.5 Å². The zero-order valence-corrected chi connectivity index (χ0v) is 9.82. The molecular weight excluding hydrogens is 216 g/mol. The molecule has 0 saturated carbocycles. The standard InChI is InChI=1S/C13H18N2O2/c14-13(16)11-4-1-3-10(7-11)8-15-12-5-2-6-17-9-12/h1,3-4,7,12,15H,2,5-6,8-9H2,(H2,14,16). The molecule has 1 saturated heterocycles. The lowest BCUT2D eigenvalue weighted by Crippen LogP contribution is -2.36. The van der Waals surface area contributed by atoms with Gasteiger partial charge in [-0.05, 0) is 30.5 Å². The number of benzene rings is 1. The maximum absolute atomic E-state index is 11.0. The first-order chi connectivity index (χ1) is 8.25. The summed E-state index contributed by atoms with van der Waals surface area (Å²) in [6.45, 7) is 2.39. The second-order valence-electron chi connectivity index (χ2n) is 4.36. The first-order valence-corrected chi connectivity index (χ1v) is 5.95. The monoisotopic (exact) mass is 234 g/mol. The van der Waals surface area contributed by atoms with Crippen molar-refractivity contribution in [1.82, 2.24) is 5.32 Å². The van der Waals surface area contributed by atoms with Crippen LogP contribution in [0.5, 0.6) is 0 Å². The fourth-order valence-corrected chi connectivity index (χ4v) is 2.00. The first-order valence-electron chi connectivity index (χ1n) is 5.95. The molecule has 92 valence electrons. The van der Waals surface area contributed by atoms with E-state index in [-0.39, 0.29) is 5.91 Å². The Morgan fingerprint density at radius 2 is 2.41 bits per heavy atom. The summed E-state index contributed by atoms with van der Waals surface area (Å²) in [4.78, 5) is 11.0. The molecule has 2 rings (SSSR count). The van der Waals surface area contributed by atoms with E-state index in [1.54, 1.807) is 6.07 Å². The number of hydrogen-bond donors (Lipinski definition) is 2. The number of carbonyl (C=O) groups excluding carboxylic acids is 1. The lowest BCUT2D eigenvalue weighted by molar-refractivity contribution is 0.0699. The zero-order valence-electron chi connectivity index (χ0n) is 9.82. The lowest BCUT2D eigenvalue weighted by atomic mass is 10.1. The third-order valence-corrected chi connectivity index (χ3v) is 2.97. The molecule has 0 aromatic heterocycles. The lowest BCUT2D eigenvalue weighted by Gasteiger charge is -2.23. The third kappa shape index (κ3) is 3.54. The highest BCUT2D eigenvalue weighted by Crippen LogP contribution is 2.08. The zero-order chi connectivity index (χ0) is 12.1. The van der Waals surface area contributed by atoms with Crippen LogP contribution in [-0.2, 0) is 11.3 Å². The van der Waals surface area contributed by atoms with E-state index < -0.39 is 0 Å². The Kier molecular flexibility index (Phi) is 4.12. The number of amides is 1. The van der Waals surface area contributed by atoms with Crippen molar-refractivity contribution in [2.24, 2.45) is 5.73 Å². The maximum atomic E-state index is 11.0. The van der Waals surface area contributed by atoms with Crippen LogP contribution in [-0.4, -0.2) is 25.2 Å². The number of ether oxygens (including phenoxy) is 1. The number of hydrogen-bond acceptors (Lipinski definition) is 3. The van der Waals surface area contributed by atoms with Crippen LogP contribution in [0.2, 0.25) is 0 Å². The Bertz CT molecular complexity index is 387. The third-order valence-electron chi connectivity index (χ3n) is 2.97. The molecule has 1 fully saturated rings. The second-order valence-corrected chi connectivity index (χ2v) is 4.36. The molecule has 1 aromatic carbocycles. The smallest absolute Gasteiger partial charge is 0.248 e. The van der Waals surface area contributed by atoms with Crippen LogP contribution in [0.25, 0.3) is 0 Å². The van der Waals surface area contributed by atoms with Gasteiger partial charge in [-0.2, -0.15) is 0 Å². The van der Waals surface area contributed by atoms with Crippen molar-refractivity contribution in [2.45, 2.75) is 25.4 Å². The van der Waals surface area contributed by atoms with Crippen LogP contribution in [0.4, 0.5) is 0 Å². The van der Waals surface area contributed by atoms with Gasteiger partial charge in [0.1, 0.15) is 0 Å². The molecule has 4 nitrogen and oxygen atoms in total. The van der Waals surface area contributed by atoms with Crippen LogP contribution in [0.1, 0.15) is 28.8 Å². The number of primary amides is 1. The Morgan fingerprint density at radius 1 is 1.53 bits per heavy atom. The molecule has 1 aromatic rings. The minimum absolute atomic E-state index is 0.382. The summed E-state index contributed by atoms with van der Waals surface area (Å²) < 4.78 is 5.40. The summed E-state index contributed by atoms with van der Waals surface area (Å²) in [6.07, 6.45) is 2.26. The fraction of sp³-hybridized carbons (Fsp3) is 0.462. The number of rotatable bonds is 4. The van der Waals surface area contributed by atoms with Gasteiger partial charge in [-0.1, -0.05) is 12.1 Å². The summed E-state index contributed by atoms with van der Waals surface area (Å²) in [5.74, 6) is -0.382. The van der Waals surface area contributed by atoms with Gasteiger partial charge in [-0.25, -0.2) is 0 Å². The van der Waals surface area contributed by atoms with Crippen LogP contribution < -0.4 is 11.1 Å². The highest BCUT2D eigenvalue weighted by Gasteiger charge is 2.12. The van der Waals surface area contributed by atoms with Crippen molar-refractivity contribution in [3.63, 3.8) is 0 Å². The summed E-state index contributed by atoms with van der Waals surface area (Å²) >= 11 is 0. The minimum Gasteiger partial charge on any atom is -0.380 e. The van der Waals surface area contributed by atoms with Gasteiger partial charge < -0.3 is 15.8 Å². The molecule has 1 amide bonds. The quantitative estimate of drug-likeness (QED) is 0.818. The van der Waals surface area contributed by atoms with Crippen LogP contribution in [0, 0.1) is 0 Å². The molecule has 0 bridgehead atoms. The van der Waals surface area contributed by atoms with Gasteiger partial charge in [0.2, 0.25) is 5.91 Å². The molecule has 1 heterocycles. The van der Waals surface area contributed by atoms with Gasteiger partial charge in [0.05, 0.1) is 6.61 Å². The van der Waals surface area contributed by atoms with E-state index in [0.717, 1.165) is 38.2 Å². The summed E-state index contributed by atoms with van der Waals surface area (Å²) in [5.41, 5.74) is 6.88. The predicted molar refractivity (Wildman–Crippen MR) is 65.6 cm³/mol. The Hall–Kier alpha value is -1.39. The summed E-state index contributed by atoms with van der Waals surface area (Å²) in [6, 6.07) is 7.83. The van der Waals surface area contributed by atoms with Crippen molar-refractivity contribution in [3.8, 4) is 0 Å². The van der Waals surface area contributed by atoms with E-state index in [0.29, 0.717) is 11.6 Å². The highest BCUT2D eigenvalue weighted by molar-refractivity contribution is 5.92. The molecule has 4 heteroatoms. The molecule has 0 spiro atoms. The molecular formula is C13H18N2O2. The molecule has 3 N–H and O–H groups in total. The SMILES string of the molecule is NC(=O)c1cccc(CNC2CCCOC2)c1. The first kappa shape index (κ1) is 12.1. The van der Waals surface area contributed by atoms with Gasteiger partial charge in [0, 0.05) is 24.8 Å². The molecule has 17 heavy (non-hydrogen) atoms. The second kappa shape index (κ2) is 5.80. The minimum atomic E-state index is -0.382. The largest absolute Gasteiger partial charge is 0.380 e. The molecule has 0 radical (unpaired) electrons. The Morgan fingerprint density at radius 3 is 3.12 bits per heavy atom. The van der Waals surface area contributed by atoms with Crippen LogP contribution >= 0.6 is 0 Å². The number of carbonyl (C=O) groups is 1. The van der Waals surface area contributed by atoms with Crippen molar-refractivity contribution in [3.05, 3.63) is 35.4 Å².